The van der Waals surface area contributed by atoms with Crippen LogP contribution in [-0.4, -0.2) is 83.6 Å². The summed E-state index contributed by atoms with van der Waals surface area (Å²) in [5.41, 5.74) is 1.69. The normalized spacial score (nSPS) is 17.6. The highest BCUT2D eigenvalue weighted by Crippen LogP contribution is 2.38. The van der Waals surface area contributed by atoms with Gasteiger partial charge in [-0.05, 0) is 41.5 Å². The van der Waals surface area contributed by atoms with Gasteiger partial charge in [0.25, 0.3) is 5.91 Å². The maximum absolute atomic E-state index is 12.9. The molecule has 1 aromatic carbocycles. The number of morpholine rings is 1. The number of hydrogen-bond acceptors (Lipinski definition) is 10. The summed E-state index contributed by atoms with van der Waals surface area (Å²) < 4.78 is 23.5. The van der Waals surface area contributed by atoms with Crippen LogP contribution in [0.15, 0.2) is 29.5 Å². The number of carbonyl (C=O) groups excluding carboxylic acids is 2. The predicted octanol–water partition coefficient (Wildman–Crippen LogP) is 1.16. The van der Waals surface area contributed by atoms with Gasteiger partial charge < -0.3 is 29.2 Å². The summed E-state index contributed by atoms with van der Waals surface area (Å²) in [6, 6.07) is 4.61. The zero-order valence-electron chi connectivity index (χ0n) is 19.4. The SMILES string of the molecule is CCCOC(=O)C1=C(C)Nc2nnnn2C1c1ccc(OCC(=O)N2CCOCC2)c(OC)c1. The summed E-state index contributed by atoms with van der Waals surface area (Å²) in [5.74, 6) is 0.665. The molecule has 1 aromatic heterocycles. The molecule has 12 heteroatoms. The molecule has 1 saturated heterocycles. The molecule has 1 atom stereocenters. The van der Waals surface area contributed by atoms with Gasteiger partial charge in [0, 0.05) is 18.8 Å². The molecule has 4 rings (SSSR count). The first-order valence-electron chi connectivity index (χ1n) is 11.1. The molecule has 2 aliphatic rings. The molecule has 0 saturated carbocycles. The first-order chi connectivity index (χ1) is 16.5. The summed E-state index contributed by atoms with van der Waals surface area (Å²) >= 11 is 0. The lowest BCUT2D eigenvalue weighted by atomic mass is 9.95. The van der Waals surface area contributed by atoms with Crippen molar-refractivity contribution in [2.45, 2.75) is 26.3 Å². The molecule has 3 heterocycles. The third-order valence-corrected chi connectivity index (χ3v) is 5.59. The number of fused-ring (bicyclic) bond motifs is 1. The second kappa shape index (κ2) is 10.5. The van der Waals surface area contributed by atoms with Crippen LogP contribution in [0.5, 0.6) is 11.5 Å². The van der Waals surface area contributed by atoms with Crippen LogP contribution in [-0.2, 0) is 19.1 Å². The minimum atomic E-state index is -0.631. The molecule has 0 radical (unpaired) electrons. The average Bonchev–Trinajstić information content (AvgIpc) is 3.33. The highest BCUT2D eigenvalue weighted by atomic mass is 16.5. The van der Waals surface area contributed by atoms with Gasteiger partial charge in [0.1, 0.15) is 6.04 Å². The van der Waals surface area contributed by atoms with Gasteiger partial charge in [-0.15, -0.1) is 0 Å². The van der Waals surface area contributed by atoms with Crippen LogP contribution in [0.3, 0.4) is 0 Å². The van der Waals surface area contributed by atoms with E-state index in [-0.39, 0.29) is 12.5 Å². The average molecular weight is 473 g/mol. The van der Waals surface area contributed by atoms with Crippen molar-refractivity contribution in [3.63, 3.8) is 0 Å². The number of carbonyl (C=O) groups is 2. The van der Waals surface area contributed by atoms with E-state index in [1.807, 2.05) is 6.92 Å². The predicted molar refractivity (Wildman–Crippen MR) is 119 cm³/mol. The number of nitrogens with one attached hydrogen (secondary N) is 1. The van der Waals surface area contributed by atoms with Crippen LogP contribution >= 0.6 is 0 Å². The molecular formula is C22H28N6O6. The van der Waals surface area contributed by atoms with Crippen LogP contribution in [0.1, 0.15) is 31.9 Å². The van der Waals surface area contributed by atoms with E-state index in [0.717, 1.165) is 0 Å². The van der Waals surface area contributed by atoms with E-state index >= 15 is 0 Å². The van der Waals surface area contributed by atoms with E-state index in [1.54, 1.807) is 30.0 Å². The number of anilines is 1. The van der Waals surface area contributed by atoms with Crippen LogP contribution in [0.25, 0.3) is 0 Å². The van der Waals surface area contributed by atoms with Crippen molar-refractivity contribution in [1.29, 1.82) is 0 Å². The van der Waals surface area contributed by atoms with Crippen LogP contribution in [0.4, 0.5) is 5.95 Å². The van der Waals surface area contributed by atoms with Gasteiger partial charge in [-0.1, -0.05) is 18.1 Å². The van der Waals surface area contributed by atoms with Gasteiger partial charge in [0.05, 0.1) is 32.5 Å². The van der Waals surface area contributed by atoms with Crippen molar-refractivity contribution in [2.75, 3.05) is 51.9 Å². The fraction of sp³-hybridized carbons (Fsp3) is 0.500. The van der Waals surface area contributed by atoms with Crippen molar-refractivity contribution in [2.24, 2.45) is 0 Å². The van der Waals surface area contributed by atoms with Gasteiger partial charge in [-0.2, -0.15) is 4.68 Å². The molecule has 0 bridgehead atoms. The van der Waals surface area contributed by atoms with Gasteiger partial charge >= 0.3 is 5.97 Å². The van der Waals surface area contributed by atoms with E-state index in [9.17, 15) is 9.59 Å². The van der Waals surface area contributed by atoms with Crippen molar-refractivity contribution in [3.05, 3.63) is 35.0 Å². The first kappa shape index (κ1) is 23.5. The smallest absolute Gasteiger partial charge is 0.338 e. The highest BCUT2D eigenvalue weighted by Gasteiger charge is 2.35. The number of rotatable bonds is 8. The molecule has 34 heavy (non-hydrogen) atoms. The maximum Gasteiger partial charge on any atom is 0.338 e. The minimum Gasteiger partial charge on any atom is -0.493 e. The molecule has 1 unspecified atom stereocenters. The van der Waals surface area contributed by atoms with E-state index in [0.29, 0.717) is 73.6 Å². The number of nitrogens with zero attached hydrogens (tertiary/aromatic N) is 5. The minimum absolute atomic E-state index is 0.117. The van der Waals surface area contributed by atoms with Crippen LogP contribution in [0.2, 0.25) is 0 Å². The zero-order valence-corrected chi connectivity index (χ0v) is 19.4. The third kappa shape index (κ3) is 4.81. The molecule has 0 spiro atoms. The number of ether oxygens (including phenoxy) is 4. The molecule has 2 aliphatic heterocycles. The van der Waals surface area contributed by atoms with Gasteiger partial charge in [-0.25, -0.2) is 4.79 Å². The van der Waals surface area contributed by atoms with Gasteiger partial charge in [0.15, 0.2) is 18.1 Å². The Morgan fingerprint density at radius 3 is 2.76 bits per heavy atom. The Kier molecular flexibility index (Phi) is 7.26. The Balaban J connectivity index is 1.59. The molecule has 1 N–H and O–H groups in total. The maximum atomic E-state index is 12.9. The Bertz CT molecular complexity index is 1080. The fourth-order valence-corrected chi connectivity index (χ4v) is 3.87. The van der Waals surface area contributed by atoms with Crippen LogP contribution in [0, 0.1) is 0 Å². The number of tetrazole rings is 1. The lowest BCUT2D eigenvalue weighted by Gasteiger charge is -2.28. The summed E-state index contributed by atoms with van der Waals surface area (Å²) in [7, 11) is 1.51. The number of esters is 1. The van der Waals surface area contributed by atoms with E-state index < -0.39 is 12.0 Å². The second-order valence-corrected chi connectivity index (χ2v) is 7.84. The molecule has 12 nitrogen and oxygen atoms in total. The molecule has 182 valence electrons. The van der Waals surface area contributed by atoms with Crippen molar-refractivity contribution in [1.82, 2.24) is 25.1 Å². The third-order valence-electron chi connectivity index (χ3n) is 5.59. The molecule has 2 aromatic rings. The standard InChI is InChI=1S/C22H28N6O6/c1-4-9-33-21(30)19-14(2)23-22-24-25-26-28(22)20(19)15-5-6-16(17(12-15)31-3)34-13-18(29)27-7-10-32-11-8-27/h5-6,12,20H,4,7-11,13H2,1-3H3,(H,23,24,26). The fourth-order valence-electron chi connectivity index (χ4n) is 3.87. The molecule has 1 amide bonds. The Morgan fingerprint density at radius 2 is 2.03 bits per heavy atom. The van der Waals surface area contributed by atoms with Crippen LogP contribution < -0.4 is 14.8 Å². The summed E-state index contributed by atoms with van der Waals surface area (Å²) in [6.07, 6.45) is 0.704. The Hall–Kier alpha value is -3.67. The second-order valence-electron chi connectivity index (χ2n) is 7.84. The van der Waals surface area contributed by atoms with Crippen molar-refractivity contribution >= 4 is 17.8 Å². The largest absolute Gasteiger partial charge is 0.493 e. The quantitative estimate of drug-likeness (QED) is 0.559. The number of amides is 1. The molecule has 1 fully saturated rings. The Labute approximate surface area is 196 Å². The van der Waals surface area contributed by atoms with E-state index in [2.05, 4.69) is 20.8 Å². The van der Waals surface area contributed by atoms with E-state index in [4.69, 9.17) is 18.9 Å². The lowest BCUT2D eigenvalue weighted by molar-refractivity contribution is -0.139. The number of aromatic nitrogens is 4. The number of benzene rings is 1. The highest BCUT2D eigenvalue weighted by molar-refractivity contribution is 5.92. The summed E-state index contributed by atoms with van der Waals surface area (Å²) in [4.78, 5) is 27.1. The molecule has 0 aliphatic carbocycles. The van der Waals surface area contributed by atoms with E-state index in [1.165, 1.54) is 11.8 Å². The lowest BCUT2D eigenvalue weighted by Crippen LogP contribution is -2.43. The van der Waals surface area contributed by atoms with Gasteiger partial charge in [-0.3, -0.25) is 4.79 Å². The van der Waals surface area contributed by atoms with Crippen molar-refractivity contribution < 1.29 is 28.5 Å². The summed E-state index contributed by atoms with van der Waals surface area (Å²) in [6.45, 7) is 6.03. The number of hydrogen-bond donors (Lipinski definition) is 1. The van der Waals surface area contributed by atoms with Crippen molar-refractivity contribution in [3.8, 4) is 11.5 Å². The number of methoxy groups -OCH3 is 1. The number of allylic oxidation sites excluding steroid dienone is 1. The first-order valence-corrected chi connectivity index (χ1v) is 11.1. The molecular weight excluding hydrogens is 444 g/mol. The van der Waals surface area contributed by atoms with Gasteiger partial charge in [0.2, 0.25) is 5.95 Å². The topological polar surface area (TPSA) is 130 Å². The Morgan fingerprint density at radius 1 is 1.24 bits per heavy atom. The monoisotopic (exact) mass is 472 g/mol. The zero-order chi connectivity index (χ0) is 24.1. The summed E-state index contributed by atoms with van der Waals surface area (Å²) in [5, 5.41) is 14.8.